The lowest BCUT2D eigenvalue weighted by Gasteiger charge is -2.06. The molecule has 0 radical (unpaired) electrons. The lowest BCUT2D eigenvalue weighted by molar-refractivity contribution is -0.117. The molecule has 0 atom stereocenters. The van der Waals surface area contributed by atoms with Crippen molar-refractivity contribution < 1.29 is 9.90 Å². The monoisotopic (exact) mass is 232 g/mol. The first-order chi connectivity index (χ1) is 8.15. The Morgan fingerprint density at radius 3 is 3.00 bits per heavy atom. The molecule has 17 heavy (non-hydrogen) atoms. The standard InChI is InChI=1S/C11H12N4O2/c1-8-6-12-14-15(8)7-11(17)13-9-3-2-4-10(16)5-9/h2-6,16H,7H2,1H3,(H,13,17). The van der Waals surface area contributed by atoms with Crippen molar-refractivity contribution in [1.82, 2.24) is 15.0 Å². The molecule has 0 saturated carbocycles. The Morgan fingerprint density at radius 1 is 1.53 bits per heavy atom. The van der Waals surface area contributed by atoms with Gasteiger partial charge in [-0.2, -0.15) is 0 Å². The molecule has 1 amide bonds. The molecule has 2 aromatic rings. The van der Waals surface area contributed by atoms with E-state index in [1.807, 2.05) is 6.92 Å². The van der Waals surface area contributed by atoms with Crippen molar-refractivity contribution in [1.29, 1.82) is 0 Å². The molecule has 0 bridgehead atoms. The average Bonchev–Trinajstić information content (AvgIpc) is 2.64. The minimum absolute atomic E-state index is 0.0987. The van der Waals surface area contributed by atoms with Crippen LogP contribution in [0.15, 0.2) is 30.5 Å². The molecule has 0 aliphatic carbocycles. The first-order valence-corrected chi connectivity index (χ1v) is 5.09. The Labute approximate surface area is 97.9 Å². The number of rotatable bonds is 3. The highest BCUT2D eigenvalue weighted by molar-refractivity contribution is 5.90. The van der Waals surface area contributed by atoms with Crippen molar-refractivity contribution in [2.24, 2.45) is 0 Å². The Kier molecular flexibility index (Phi) is 3.04. The average molecular weight is 232 g/mol. The Bertz CT molecular complexity index is 536. The molecule has 0 saturated heterocycles. The number of aromatic nitrogens is 3. The first kappa shape index (κ1) is 11.1. The smallest absolute Gasteiger partial charge is 0.246 e. The highest BCUT2D eigenvalue weighted by Crippen LogP contribution is 2.15. The highest BCUT2D eigenvalue weighted by atomic mass is 16.3. The Hall–Kier alpha value is -2.37. The van der Waals surface area contributed by atoms with Crippen LogP contribution in [0.25, 0.3) is 0 Å². The number of phenolic OH excluding ortho intramolecular Hbond substituents is 1. The van der Waals surface area contributed by atoms with Gasteiger partial charge in [-0.3, -0.25) is 4.79 Å². The third kappa shape index (κ3) is 2.81. The van der Waals surface area contributed by atoms with Crippen LogP contribution < -0.4 is 5.32 Å². The molecular weight excluding hydrogens is 220 g/mol. The number of aromatic hydroxyl groups is 1. The van der Waals surface area contributed by atoms with Gasteiger partial charge >= 0.3 is 0 Å². The van der Waals surface area contributed by atoms with E-state index >= 15 is 0 Å². The zero-order valence-corrected chi connectivity index (χ0v) is 9.29. The number of hydrogen-bond acceptors (Lipinski definition) is 4. The van der Waals surface area contributed by atoms with E-state index in [0.717, 1.165) is 5.69 Å². The molecule has 2 N–H and O–H groups in total. The van der Waals surface area contributed by atoms with Crippen molar-refractivity contribution in [3.63, 3.8) is 0 Å². The van der Waals surface area contributed by atoms with Gasteiger partial charge in [0.25, 0.3) is 0 Å². The third-order valence-electron chi connectivity index (χ3n) is 2.23. The maximum atomic E-state index is 11.7. The fraction of sp³-hybridized carbons (Fsp3) is 0.182. The van der Waals surface area contributed by atoms with Crippen LogP contribution in [0.1, 0.15) is 5.69 Å². The van der Waals surface area contributed by atoms with E-state index in [1.54, 1.807) is 18.3 Å². The number of carbonyl (C=O) groups is 1. The summed E-state index contributed by atoms with van der Waals surface area (Å²) in [6.07, 6.45) is 1.58. The molecule has 0 aliphatic rings. The Morgan fingerprint density at radius 2 is 2.35 bits per heavy atom. The first-order valence-electron chi connectivity index (χ1n) is 5.09. The maximum Gasteiger partial charge on any atom is 0.246 e. The van der Waals surface area contributed by atoms with Gasteiger partial charge in [0.1, 0.15) is 12.3 Å². The van der Waals surface area contributed by atoms with Crippen molar-refractivity contribution in [3.8, 4) is 5.75 Å². The fourth-order valence-electron chi connectivity index (χ4n) is 1.39. The summed E-state index contributed by atoms with van der Waals surface area (Å²) in [7, 11) is 0. The zero-order valence-electron chi connectivity index (χ0n) is 9.29. The van der Waals surface area contributed by atoms with Gasteiger partial charge in [0.2, 0.25) is 5.91 Å². The largest absolute Gasteiger partial charge is 0.508 e. The minimum atomic E-state index is -0.218. The molecule has 1 heterocycles. The number of nitrogens with zero attached hydrogens (tertiary/aromatic N) is 3. The number of benzene rings is 1. The van der Waals surface area contributed by atoms with Crippen molar-refractivity contribution >= 4 is 11.6 Å². The van der Waals surface area contributed by atoms with Gasteiger partial charge in [0, 0.05) is 11.8 Å². The van der Waals surface area contributed by atoms with Crippen LogP contribution in [0, 0.1) is 6.92 Å². The van der Waals surface area contributed by atoms with Crippen LogP contribution in [0.3, 0.4) is 0 Å². The summed E-state index contributed by atoms with van der Waals surface area (Å²) >= 11 is 0. The number of phenols is 1. The van der Waals surface area contributed by atoms with Gasteiger partial charge in [-0.15, -0.1) is 5.10 Å². The summed E-state index contributed by atoms with van der Waals surface area (Å²) in [5, 5.41) is 19.4. The number of nitrogens with one attached hydrogen (secondary N) is 1. The molecule has 6 nitrogen and oxygen atoms in total. The second-order valence-electron chi connectivity index (χ2n) is 3.63. The number of anilines is 1. The predicted octanol–water partition coefficient (Wildman–Crippen LogP) is 0.931. The minimum Gasteiger partial charge on any atom is -0.508 e. The lowest BCUT2D eigenvalue weighted by Crippen LogP contribution is -2.20. The quantitative estimate of drug-likeness (QED) is 0.825. The summed E-state index contributed by atoms with van der Waals surface area (Å²) in [5.74, 6) is -0.107. The molecule has 0 aliphatic heterocycles. The van der Waals surface area contributed by atoms with Gasteiger partial charge in [-0.25, -0.2) is 4.68 Å². The third-order valence-corrected chi connectivity index (χ3v) is 2.23. The van der Waals surface area contributed by atoms with Gasteiger partial charge in [0.05, 0.1) is 11.9 Å². The van der Waals surface area contributed by atoms with E-state index in [1.165, 1.54) is 16.8 Å². The SMILES string of the molecule is Cc1cnnn1CC(=O)Nc1cccc(O)c1. The predicted molar refractivity (Wildman–Crippen MR) is 61.5 cm³/mol. The summed E-state index contributed by atoms with van der Waals surface area (Å²) in [5.41, 5.74) is 1.36. The van der Waals surface area contributed by atoms with Crippen LogP contribution in [-0.4, -0.2) is 26.0 Å². The zero-order chi connectivity index (χ0) is 12.3. The van der Waals surface area contributed by atoms with Crippen LogP contribution >= 0.6 is 0 Å². The molecule has 2 rings (SSSR count). The second-order valence-corrected chi connectivity index (χ2v) is 3.63. The van der Waals surface area contributed by atoms with Gasteiger partial charge in [-0.1, -0.05) is 11.3 Å². The topological polar surface area (TPSA) is 80.0 Å². The normalized spacial score (nSPS) is 10.2. The van der Waals surface area contributed by atoms with Crippen molar-refractivity contribution in [2.75, 3.05) is 5.32 Å². The summed E-state index contributed by atoms with van der Waals surface area (Å²) < 4.78 is 1.50. The molecule has 1 aromatic carbocycles. The van der Waals surface area contributed by atoms with Gasteiger partial charge in [-0.05, 0) is 19.1 Å². The van der Waals surface area contributed by atoms with E-state index in [0.29, 0.717) is 5.69 Å². The molecule has 0 spiro atoms. The van der Waals surface area contributed by atoms with Gasteiger partial charge < -0.3 is 10.4 Å². The van der Waals surface area contributed by atoms with Crippen molar-refractivity contribution in [2.45, 2.75) is 13.5 Å². The summed E-state index contributed by atoms with van der Waals surface area (Å²) in [6, 6.07) is 6.38. The molecule has 0 unspecified atom stereocenters. The molecule has 88 valence electrons. The van der Waals surface area contributed by atoms with Crippen LogP contribution in [-0.2, 0) is 11.3 Å². The van der Waals surface area contributed by atoms with Crippen LogP contribution in [0.5, 0.6) is 5.75 Å². The molecule has 0 fully saturated rings. The van der Waals surface area contributed by atoms with E-state index in [-0.39, 0.29) is 18.2 Å². The van der Waals surface area contributed by atoms with Crippen LogP contribution in [0.2, 0.25) is 0 Å². The van der Waals surface area contributed by atoms with E-state index < -0.39 is 0 Å². The fourth-order valence-corrected chi connectivity index (χ4v) is 1.39. The number of carbonyl (C=O) groups excluding carboxylic acids is 1. The van der Waals surface area contributed by atoms with Crippen molar-refractivity contribution in [3.05, 3.63) is 36.2 Å². The van der Waals surface area contributed by atoms with E-state index in [2.05, 4.69) is 15.6 Å². The maximum absolute atomic E-state index is 11.7. The van der Waals surface area contributed by atoms with E-state index in [4.69, 9.17) is 0 Å². The van der Waals surface area contributed by atoms with Crippen LogP contribution in [0.4, 0.5) is 5.69 Å². The second kappa shape index (κ2) is 4.65. The number of amides is 1. The summed E-state index contributed by atoms with van der Waals surface area (Å²) in [6.45, 7) is 1.92. The number of hydrogen-bond donors (Lipinski definition) is 2. The Balaban J connectivity index is 2.01. The molecule has 6 heteroatoms. The summed E-state index contributed by atoms with van der Waals surface area (Å²) in [4.78, 5) is 11.7. The molecular formula is C11H12N4O2. The molecule has 1 aromatic heterocycles. The van der Waals surface area contributed by atoms with E-state index in [9.17, 15) is 9.90 Å². The highest BCUT2D eigenvalue weighted by Gasteiger charge is 2.06. The lowest BCUT2D eigenvalue weighted by atomic mass is 10.3. The van der Waals surface area contributed by atoms with Gasteiger partial charge in [0.15, 0.2) is 0 Å². The number of aryl methyl sites for hydroxylation is 1.